The molecule has 0 aliphatic rings. The molecule has 2 aromatic carbocycles. The Balaban J connectivity index is 1.69. The number of benzene rings is 2. The number of carboxylic acid groups (broad SMARTS) is 1. The van der Waals surface area contributed by atoms with Gasteiger partial charge in [0.2, 0.25) is 5.88 Å². The van der Waals surface area contributed by atoms with Crippen LogP contribution in [0.4, 0.5) is 0 Å². The van der Waals surface area contributed by atoms with E-state index in [1.807, 2.05) is 44.2 Å². The van der Waals surface area contributed by atoms with Gasteiger partial charge < -0.3 is 14.7 Å². The molecule has 0 atom stereocenters. The van der Waals surface area contributed by atoms with Gasteiger partial charge in [0.1, 0.15) is 12.4 Å². The molecule has 27 heavy (non-hydrogen) atoms. The van der Waals surface area contributed by atoms with Crippen molar-refractivity contribution in [3.63, 3.8) is 0 Å². The number of nitrogens with zero attached hydrogens (tertiary/aromatic N) is 2. The first-order chi connectivity index (χ1) is 13.0. The zero-order chi connectivity index (χ0) is 19.2. The molecule has 0 aliphatic carbocycles. The van der Waals surface area contributed by atoms with Crippen LogP contribution in [0, 0.1) is 6.92 Å². The summed E-state index contributed by atoms with van der Waals surface area (Å²) >= 11 is 0. The van der Waals surface area contributed by atoms with E-state index in [0.717, 1.165) is 16.8 Å². The van der Waals surface area contributed by atoms with Crippen molar-refractivity contribution in [2.45, 2.75) is 20.5 Å². The maximum Gasteiger partial charge on any atom is 0.335 e. The lowest BCUT2D eigenvalue weighted by atomic mass is 10.1. The molecule has 7 heteroatoms. The number of carbonyl (C=O) groups is 1. The van der Waals surface area contributed by atoms with E-state index in [-0.39, 0.29) is 12.2 Å². The van der Waals surface area contributed by atoms with Gasteiger partial charge in [0.05, 0.1) is 16.8 Å². The number of rotatable bonds is 7. The zero-order valence-corrected chi connectivity index (χ0v) is 15.0. The Bertz CT molecular complexity index is 947. The first-order valence-electron chi connectivity index (χ1n) is 8.31. The maximum absolute atomic E-state index is 10.9. The van der Waals surface area contributed by atoms with E-state index < -0.39 is 5.97 Å². The fourth-order valence-corrected chi connectivity index (χ4v) is 2.50. The highest BCUT2D eigenvalue weighted by Crippen LogP contribution is 2.25. The molecule has 3 rings (SSSR count). The fraction of sp³-hybridized carbons (Fsp3) is 0.150. The highest BCUT2D eigenvalue weighted by Gasteiger charge is 2.16. The average Bonchev–Trinajstić information content (AvgIpc) is 3.03. The second kappa shape index (κ2) is 8.18. The van der Waals surface area contributed by atoms with E-state index >= 15 is 0 Å². The molecule has 0 fully saturated rings. The molecule has 7 nitrogen and oxygen atoms in total. The molecule has 3 aromatic rings. The largest absolute Gasteiger partial charge is 0.478 e. The van der Waals surface area contributed by atoms with Crippen molar-refractivity contribution in [3.05, 3.63) is 77.0 Å². The van der Waals surface area contributed by atoms with Crippen LogP contribution < -0.4 is 4.74 Å². The van der Waals surface area contributed by atoms with E-state index in [2.05, 4.69) is 15.4 Å². The molecule has 0 unspecified atom stereocenters. The summed E-state index contributed by atoms with van der Waals surface area (Å²) in [6, 6.07) is 15.8. The predicted octanol–water partition coefficient (Wildman–Crippen LogP) is 4.15. The smallest absolute Gasteiger partial charge is 0.335 e. The third-order valence-corrected chi connectivity index (χ3v) is 3.87. The predicted molar refractivity (Wildman–Crippen MR) is 100 cm³/mol. The van der Waals surface area contributed by atoms with Gasteiger partial charge in [-0.05, 0) is 43.7 Å². The van der Waals surface area contributed by atoms with Crippen LogP contribution in [-0.2, 0) is 11.4 Å². The van der Waals surface area contributed by atoms with Crippen LogP contribution in [-0.4, -0.2) is 27.0 Å². The van der Waals surface area contributed by atoms with Crippen molar-refractivity contribution >= 4 is 11.7 Å². The molecular formula is C20H19N3O4. The summed E-state index contributed by atoms with van der Waals surface area (Å²) in [5.74, 6) is 0.143. The van der Waals surface area contributed by atoms with Crippen molar-refractivity contribution in [2.24, 2.45) is 5.16 Å². The van der Waals surface area contributed by atoms with Gasteiger partial charge in [-0.2, -0.15) is 0 Å². The number of para-hydroxylation sites is 1. The van der Waals surface area contributed by atoms with Gasteiger partial charge in [0.15, 0.2) is 0 Å². The SMILES string of the molecule is CC(=NOCc1ccc(C(=O)O)cc1)c1c(Oc2ccccc2)n[nH]c1C. The van der Waals surface area contributed by atoms with Gasteiger partial charge in [-0.25, -0.2) is 4.79 Å². The Morgan fingerprint density at radius 3 is 2.52 bits per heavy atom. The number of ether oxygens (including phenoxy) is 1. The lowest BCUT2D eigenvalue weighted by Crippen LogP contribution is -2.01. The number of oxime groups is 1. The minimum absolute atomic E-state index is 0.225. The lowest BCUT2D eigenvalue weighted by Gasteiger charge is -2.06. The zero-order valence-electron chi connectivity index (χ0n) is 15.0. The van der Waals surface area contributed by atoms with E-state index in [1.54, 1.807) is 12.1 Å². The minimum atomic E-state index is -0.960. The molecule has 0 radical (unpaired) electrons. The number of aryl methyl sites for hydroxylation is 1. The van der Waals surface area contributed by atoms with E-state index in [1.165, 1.54) is 12.1 Å². The lowest BCUT2D eigenvalue weighted by molar-refractivity contribution is 0.0696. The number of aromatic nitrogens is 2. The van der Waals surface area contributed by atoms with Gasteiger partial charge in [0, 0.05) is 5.69 Å². The Morgan fingerprint density at radius 1 is 1.15 bits per heavy atom. The molecule has 0 spiro atoms. The number of hydrogen-bond donors (Lipinski definition) is 2. The molecule has 0 bridgehead atoms. The molecule has 0 saturated heterocycles. The molecule has 0 saturated carbocycles. The third-order valence-electron chi connectivity index (χ3n) is 3.87. The number of hydrogen-bond acceptors (Lipinski definition) is 5. The Kier molecular flexibility index (Phi) is 5.51. The molecule has 1 aromatic heterocycles. The number of aromatic carboxylic acids is 1. The van der Waals surface area contributed by atoms with Gasteiger partial charge in [-0.1, -0.05) is 35.5 Å². The van der Waals surface area contributed by atoms with E-state index in [9.17, 15) is 4.79 Å². The first-order valence-corrected chi connectivity index (χ1v) is 8.31. The van der Waals surface area contributed by atoms with Crippen LogP contribution in [0.1, 0.15) is 34.1 Å². The van der Waals surface area contributed by atoms with Crippen molar-refractivity contribution in [3.8, 4) is 11.6 Å². The monoisotopic (exact) mass is 365 g/mol. The highest BCUT2D eigenvalue weighted by molar-refractivity contribution is 6.01. The quantitative estimate of drug-likeness (QED) is 0.484. The van der Waals surface area contributed by atoms with Crippen molar-refractivity contribution in [2.75, 3.05) is 0 Å². The standard InChI is InChI=1S/C20H19N3O4/c1-13-18(19(22-21-13)27-17-6-4-3-5-7-17)14(2)23-26-12-15-8-10-16(11-9-15)20(24)25/h3-11H,12H2,1-2H3,(H,21,22)(H,24,25). The van der Waals surface area contributed by atoms with Crippen LogP contribution in [0.3, 0.4) is 0 Å². The van der Waals surface area contributed by atoms with E-state index in [4.69, 9.17) is 14.7 Å². The number of aromatic amines is 1. The Morgan fingerprint density at radius 2 is 1.85 bits per heavy atom. The summed E-state index contributed by atoms with van der Waals surface area (Å²) in [5.41, 5.74) is 3.22. The van der Waals surface area contributed by atoms with Crippen molar-refractivity contribution in [1.29, 1.82) is 0 Å². The summed E-state index contributed by atoms with van der Waals surface area (Å²) in [6.45, 7) is 3.91. The van der Waals surface area contributed by atoms with Crippen LogP contribution in [0.5, 0.6) is 11.6 Å². The number of H-pyrrole nitrogens is 1. The van der Waals surface area contributed by atoms with Crippen LogP contribution in [0.25, 0.3) is 0 Å². The Hall–Kier alpha value is -3.61. The normalized spacial score (nSPS) is 11.3. The minimum Gasteiger partial charge on any atom is -0.478 e. The summed E-state index contributed by atoms with van der Waals surface area (Å²) in [7, 11) is 0. The highest BCUT2D eigenvalue weighted by atomic mass is 16.6. The number of carboxylic acids is 1. The summed E-state index contributed by atoms with van der Waals surface area (Å²) in [6.07, 6.45) is 0. The van der Waals surface area contributed by atoms with Crippen LogP contribution in [0.2, 0.25) is 0 Å². The molecule has 1 heterocycles. The fourth-order valence-electron chi connectivity index (χ4n) is 2.50. The van der Waals surface area contributed by atoms with E-state index in [0.29, 0.717) is 17.3 Å². The first kappa shape index (κ1) is 18.2. The molecule has 0 amide bonds. The maximum atomic E-state index is 10.9. The molecular weight excluding hydrogens is 346 g/mol. The third kappa shape index (κ3) is 4.52. The summed E-state index contributed by atoms with van der Waals surface area (Å²) in [4.78, 5) is 16.3. The van der Waals surface area contributed by atoms with Gasteiger partial charge in [-0.3, -0.25) is 5.10 Å². The topological polar surface area (TPSA) is 96.8 Å². The van der Waals surface area contributed by atoms with Gasteiger partial charge in [0.25, 0.3) is 0 Å². The average molecular weight is 365 g/mol. The van der Waals surface area contributed by atoms with Crippen molar-refractivity contribution < 1.29 is 19.5 Å². The second-order valence-electron chi connectivity index (χ2n) is 5.90. The van der Waals surface area contributed by atoms with Crippen LogP contribution in [0.15, 0.2) is 59.8 Å². The van der Waals surface area contributed by atoms with Gasteiger partial charge >= 0.3 is 5.97 Å². The second-order valence-corrected chi connectivity index (χ2v) is 5.90. The summed E-state index contributed by atoms with van der Waals surface area (Å²) < 4.78 is 5.82. The summed E-state index contributed by atoms with van der Waals surface area (Å²) in [5, 5.41) is 20.1. The molecule has 2 N–H and O–H groups in total. The Labute approximate surface area is 156 Å². The van der Waals surface area contributed by atoms with Crippen molar-refractivity contribution in [1.82, 2.24) is 10.2 Å². The van der Waals surface area contributed by atoms with Gasteiger partial charge in [-0.15, -0.1) is 5.10 Å². The molecule has 0 aliphatic heterocycles. The molecule has 138 valence electrons. The van der Waals surface area contributed by atoms with Crippen LogP contribution >= 0.6 is 0 Å². The number of nitrogens with one attached hydrogen (secondary N) is 1.